The minimum Gasteiger partial charge on any atom is -0.310 e. The Hall–Kier alpha value is -1.22. The zero-order valence-electron chi connectivity index (χ0n) is 9.69. The van der Waals surface area contributed by atoms with Gasteiger partial charge in [-0.1, -0.05) is 18.6 Å². The Morgan fingerprint density at radius 2 is 1.94 bits per heavy atom. The lowest BCUT2D eigenvalue weighted by atomic mass is 9.99. The van der Waals surface area contributed by atoms with Gasteiger partial charge in [-0.3, -0.25) is 0 Å². The molecule has 3 heteroatoms. The van der Waals surface area contributed by atoms with Crippen LogP contribution in [-0.4, -0.2) is 6.54 Å². The van der Waals surface area contributed by atoms with E-state index in [0.717, 1.165) is 5.57 Å². The zero-order valence-corrected chi connectivity index (χ0v) is 9.69. The molecule has 0 fully saturated rings. The van der Waals surface area contributed by atoms with Crippen molar-refractivity contribution >= 4 is 0 Å². The van der Waals surface area contributed by atoms with Gasteiger partial charge in [-0.25, -0.2) is 8.78 Å². The second kappa shape index (κ2) is 5.75. The first-order valence-corrected chi connectivity index (χ1v) is 5.38. The second-order valence-corrected chi connectivity index (χ2v) is 3.91. The summed E-state index contributed by atoms with van der Waals surface area (Å²) in [5, 5.41) is 3.07. The van der Waals surface area contributed by atoms with E-state index in [9.17, 15) is 8.78 Å². The Bertz CT molecular complexity index is 354. The van der Waals surface area contributed by atoms with Gasteiger partial charge in [0.05, 0.1) is 0 Å². The van der Waals surface area contributed by atoms with Crippen molar-refractivity contribution in [2.24, 2.45) is 0 Å². The monoisotopic (exact) mass is 225 g/mol. The molecule has 0 spiro atoms. The average Bonchev–Trinajstić information content (AvgIpc) is 2.16. The molecule has 0 radical (unpaired) electrons. The molecule has 0 aliphatic rings. The van der Waals surface area contributed by atoms with Gasteiger partial charge in [0.2, 0.25) is 0 Å². The molecule has 0 saturated carbocycles. The van der Waals surface area contributed by atoms with Crippen LogP contribution in [0.5, 0.6) is 0 Å². The summed E-state index contributed by atoms with van der Waals surface area (Å²) in [6.07, 6.45) is 0.533. The van der Waals surface area contributed by atoms with Crippen LogP contribution in [0.2, 0.25) is 0 Å². The van der Waals surface area contributed by atoms with Gasteiger partial charge >= 0.3 is 0 Å². The maximum absolute atomic E-state index is 13.6. The summed E-state index contributed by atoms with van der Waals surface area (Å²) in [6, 6.07) is 3.59. The minimum atomic E-state index is -0.507. The highest BCUT2D eigenvalue weighted by Crippen LogP contribution is 2.25. The molecule has 1 aromatic carbocycles. The van der Waals surface area contributed by atoms with Crippen molar-refractivity contribution in [2.45, 2.75) is 26.3 Å². The Labute approximate surface area is 95.2 Å². The van der Waals surface area contributed by atoms with Crippen molar-refractivity contribution < 1.29 is 8.78 Å². The van der Waals surface area contributed by atoms with E-state index in [2.05, 4.69) is 11.9 Å². The quantitative estimate of drug-likeness (QED) is 0.755. The maximum atomic E-state index is 13.6. The van der Waals surface area contributed by atoms with Crippen molar-refractivity contribution in [2.75, 3.05) is 6.54 Å². The Balaban J connectivity index is 3.04. The van der Waals surface area contributed by atoms with E-state index < -0.39 is 11.6 Å². The molecule has 1 atom stereocenters. The third kappa shape index (κ3) is 3.14. The molecule has 0 bridgehead atoms. The molecular weight excluding hydrogens is 208 g/mol. The van der Waals surface area contributed by atoms with Crippen LogP contribution in [0.25, 0.3) is 0 Å². The van der Waals surface area contributed by atoms with E-state index in [1.807, 2.05) is 13.8 Å². The summed E-state index contributed by atoms with van der Waals surface area (Å²) in [4.78, 5) is 0. The molecule has 0 heterocycles. The van der Waals surface area contributed by atoms with Crippen molar-refractivity contribution in [1.29, 1.82) is 0 Å². The first-order valence-electron chi connectivity index (χ1n) is 5.38. The standard InChI is InChI=1S/C13H17F2N/c1-4-16-12(8-9(2)3)13-10(14)6-5-7-11(13)15/h5-7,12,16H,2,4,8H2,1,3H3. The van der Waals surface area contributed by atoms with Gasteiger partial charge in [0.25, 0.3) is 0 Å². The number of halogens is 2. The van der Waals surface area contributed by atoms with Gasteiger partial charge in [-0.15, -0.1) is 6.58 Å². The van der Waals surface area contributed by atoms with E-state index >= 15 is 0 Å². The van der Waals surface area contributed by atoms with Crippen LogP contribution in [-0.2, 0) is 0 Å². The number of hydrogen-bond donors (Lipinski definition) is 1. The van der Waals surface area contributed by atoms with E-state index in [0.29, 0.717) is 13.0 Å². The summed E-state index contributed by atoms with van der Waals surface area (Å²) in [5.74, 6) is -1.01. The van der Waals surface area contributed by atoms with Crippen molar-refractivity contribution in [3.63, 3.8) is 0 Å². The maximum Gasteiger partial charge on any atom is 0.130 e. The first-order chi connectivity index (χ1) is 7.56. The first kappa shape index (κ1) is 12.8. The molecule has 0 aliphatic carbocycles. The van der Waals surface area contributed by atoms with E-state index in [1.54, 1.807) is 0 Å². The largest absolute Gasteiger partial charge is 0.310 e. The van der Waals surface area contributed by atoms with Gasteiger partial charge in [-0.05, 0) is 32.0 Å². The van der Waals surface area contributed by atoms with Crippen LogP contribution < -0.4 is 5.32 Å². The molecule has 1 N–H and O–H groups in total. The van der Waals surface area contributed by atoms with E-state index in [1.165, 1.54) is 18.2 Å². The number of hydrogen-bond acceptors (Lipinski definition) is 1. The predicted octanol–water partition coefficient (Wildman–Crippen LogP) is 3.58. The molecule has 1 nitrogen and oxygen atoms in total. The highest BCUT2D eigenvalue weighted by molar-refractivity contribution is 5.24. The summed E-state index contributed by atoms with van der Waals surface area (Å²) in [5.41, 5.74) is 1.00. The van der Waals surface area contributed by atoms with Gasteiger partial charge in [-0.2, -0.15) is 0 Å². The smallest absolute Gasteiger partial charge is 0.130 e. The second-order valence-electron chi connectivity index (χ2n) is 3.91. The van der Waals surface area contributed by atoms with Crippen LogP contribution in [0.4, 0.5) is 8.78 Å². The highest BCUT2D eigenvalue weighted by Gasteiger charge is 2.18. The fraction of sp³-hybridized carbons (Fsp3) is 0.385. The highest BCUT2D eigenvalue weighted by atomic mass is 19.1. The number of benzene rings is 1. The Morgan fingerprint density at radius 1 is 1.38 bits per heavy atom. The lowest BCUT2D eigenvalue weighted by molar-refractivity contribution is 0.472. The summed E-state index contributed by atoms with van der Waals surface area (Å²) < 4.78 is 27.1. The van der Waals surface area contributed by atoms with Crippen molar-refractivity contribution in [3.05, 3.63) is 47.5 Å². The summed E-state index contributed by atoms with van der Waals surface area (Å²) in [7, 11) is 0. The SMILES string of the molecule is C=C(C)CC(NCC)c1c(F)cccc1F. The molecule has 1 rings (SSSR count). The van der Waals surface area contributed by atoms with Crippen LogP contribution in [0.15, 0.2) is 30.4 Å². The third-order valence-corrected chi connectivity index (χ3v) is 2.35. The topological polar surface area (TPSA) is 12.0 Å². The molecule has 0 aliphatic heterocycles. The van der Waals surface area contributed by atoms with Crippen LogP contribution in [0, 0.1) is 11.6 Å². The molecule has 0 saturated heterocycles. The molecule has 16 heavy (non-hydrogen) atoms. The summed E-state index contributed by atoms with van der Waals surface area (Å²) in [6.45, 7) is 8.19. The molecular formula is C13H17F2N. The fourth-order valence-electron chi connectivity index (χ4n) is 1.71. The summed E-state index contributed by atoms with van der Waals surface area (Å²) >= 11 is 0. The zero-order chi connectivity index (χ0) is 12.1. The Kier molecular flexibility index (Phi) is 4.62. The third-order valence-electron chi connectivity index (χ3n) is 2.35. The molecule has 1 unspecified atom stereocenters. The number of rotatable bonds is 5. The lowest BCUT2D eigenvalue weighted by Gasteiger charge is -2.19. The lowest BCUT2D eigenvalue weighted by Crippen LogP contribution is -2.23. The van der Waals surface area contributed by atoms with Crippen LogP contribution in [0.1, 0.15) is 31.9 Å². The Morgan fingerprint density at radius 3 is 2.38 bits per heavy atom. The van der Waals surface area contributed by atoms with Crippen molar-refractivity contribution in [3.8, 4) is 0 Å². The fourth-order valence-corrected chi connectivity index (χ4v) is 1.71. The van der Waals surface area contributed by atoms with Gasteiger partial charge < -0.3 is 5.32 Å². The van der Waals surface area contributed by atoms with Crippen LogP contribution >= 0.6 is 0 Å². The molecule has 88 valence electrons. The van der Waals surface area contributed by atoms with Gasteiger partial charge in [0.15, 0.2) is 0 Å². The predicted molar refractivity (Wildman–Crippen MR) is 62.2 cm³/mol. The van der Waals surface area contributed by atoms with E-state index in [-0.39, 0.29) is 11.6 Å². The van der Waals surface area contributed by atoms with Gasteiger partial charge in [0.1, 0.15) is 11.6 Å². The average molecular weight is 225 g/mol. The number of nitrogens with one attached hydrogen (secondary N) is 1. The van der Waals surface area contributed by atoms with Crippen LogP contribution in [0.3, 0.4) is 0 Å². The molecule has 1 aromatic rings. The molecule has 0 amide bonds. The minimum absolute atomic E-state index is 0.104. The van der Waals surface area contributed by atoms with Crippen molar-refractivity contribution in [1.82, 2.24) is 5.32 Å². The molecule has 0 aromatic heterocycles. The van der Waals surface area contributed by atoms with Gasteiger partial charge in [0, 0.05) is 11.6 Å². The normalized spacial score (nSPS) is 12.5. The van der Waals surface area contributed by atoms with E-state index in [4.69, 9.17) is 0 Å².